The Labute approximate surface area is 77.8 Å². The molecule has 68 valence electrons. The van der Waals surface area contributed by atoms with E-state index in [4.69, 9.17) is 4.42 Å². The molecular formula is C11H13NO. The molecule has 2 heteroatoms. The predicted molar refractivity (Wildman–Crippen MR) is 51.7 cm³/mol. The lowest BCUT2D eigenvalue weighted by Crippen LogP contribution is -1.98. The van der Waals surface area contributed by atoms with Crippen molar-refractivity contribution in [2.75, 3.05) is 0 Å². The SMILES string of the molecule is Cc1ccc(Cn2cccc2C)o1. The third-order valence-electron chi connectivity index (χ3n) is 2.18. The summed E-state index contributed by atoms with van der Waals surface area (Å²) < 4.78 is 7.66. The molecular weight excluding hydrogens is 162 g/mol. The van der Waals surface area contributed by atoms with E-state index in [9.17, 15) is 0 Å². The maximum absolute atomic E-state index is 5.49. The Morgan fingerprint density at radius 1 is 1.23 bits per heavy atom. The van der Waals surface area contributed by atoms with Crippen molar-refractivity contribution in [2.24, 2.45) is 0 Å². The molecule has 0 saturated heterocycles. The molecule has 0 radical (unpaired) electrons. The summed E-state index contributed by atoms with van der Waals surface area (Å²) in [5.41, 5.74) is 1.26. The predicted octanol–water partition coefficient (Wildman–Crippen LogP) is 2.75. The van der Waals surface area contributed by atoms with Gasteiger partial charge in [0, 0.05) is 11.9 Å². The second kappa shape index (κ2) is 3.13. The fourth-order valence-corrected chi connectivity index (χ4v) is 1.41. The average molecular weight is 175 g/mol. The standard InChI is InChI=1S/C11H13NO/c1-9-4-3-7-12(9)8-11-6-5-10(2)13-11/h3-7H,8H2,1-2H3. The van der Waals surface area contributed by atoms with E-state index in [1.54, 1.807) is 0 Å². The molecule has 2 nitrogen and oxygen atoms in total. The molecule has 0 aromatic carbocycles. The maximum atomic E-state index is 5.49. The van der Waals surface area contributed by atoms with Crippen molar-refractivity contribution in [1.82, 2.24) is 4.57 Å². The Hall–Kier alpha value is -1.44. The van der Waals surface area contributed by atoms with Crippen LogP contribution in [0.1, 0.15) is 17.2 Å². The van der Waals surface area contributed by atoms with Gasteiger partial charge < -0.3 is 8.98 Å². The number of rotatable bonds is 2. The molecule has 0 unspecified atom stereocenters. The topological polar surface area (TPSA) is 18.1 Å². The maximum Gasteiger partial charge on any atom is 0.123 e. The summed E-state index contributed by atoms with van der Waals surface area (Å²) in [4.78, 5) is 0. The summed E-state index contributed by atoms with van der Waals surface area (Å²) in [6.45, 7) is 4.88. The molecule has 0 atom stereocenters. The average Bonchev–Trinajstić information content (AvgIpc) is 2.64. The van der Waals surface area contributed by atoms with E-state index >= 15 is 0 Å². The van der Waals surface area contributed by atoms with Crippen molar-refractivity contribution >= 4 is 0 Å². The normalized spacial score (nSPS) is 10.6. The number of hydrogen-bond donors (Lipinski definition) is 0. The first-order chi connectivity index (χ1) is 6.25. The Balaban J connectivity index is 2.19. The quantitative estimate of drug-likeness (QED) is 0.686. The minimum Gasteiger partial charge on any atom is -0.464 e. The Kier molecular flexibility index (Phi) is 1.97. The third kappa shape index (κ3) is 1.66. The molecule has 0 aliphatic carbocycles. The van der Waals surface area contributed by atoms with E-state index in [2.05, 4.69) is 23.8 Å². The van der Waals surface area contributed by atoms with E-state index in [0.29, 0.717) is 0 Å². The highest BCUT2D eigenvalue weighted by Crippen LogP contribution is 2.10. The van der Waals surface area contributed by atoms with Crippen LogP contribution in [-0.2, 0) is 6.54 Å². The number of aromatic nitrogens is 1. The van der Waals surface area contributed by atoms with E-state index in [0.717, 1.165) is 18.1 Å². The van der Waals surface area contributed by atoms with Gasteiger partial charge in [0.1, 0.15) is 11.5 Å². The van der Waals surface area contributed by atoms with Gasteiger partial charge in [0.25, 0.3) is 0 Å². The summed E-state index contributed by atoms with van der Waals surface area (Å²) in [5.74, 6) is 1.98. The molecule has 0 fully saturated rings. The molecule has 13 heavy (non-hydrogen) atoms. The number of aryl methyl sites for hydroxylation is 2. The van der Waals surface area contributed by atoms with Crippen LogP contribution in [0.5, 0.6) is 0 Å². The highest BCUT2D eigenvalue weighted by molar-refractivity contribution is 5.10. The van der Waals surface area contributed by atoms with E-state index in [-0.39, 0.29) is 0 Å². The Bertz CT molecular complexity index is 398. The van der Waals surface area contributed by atoms with Crippen LogP contribution in [0, 0.1) is 13.8 Å². The lowest BCUT2D eigenvalue weighted by atomic mass is 10.4. The molecule has 0 bridgehead atoms. The minimum atomic E-state index is 0.826. The second-order valence-electron chi connectivity index (χ2n) is 3.29. The van der Waals surface area contributed by atoms with Crippen LogP contribution in [0.4, 0.5) is 0 Å². The number of nitrogens with zero attached hydrogens (tertiary/aromatic N) is 1. The van der Waals surface area contributed by atoms with Crippen molar-refractivity contribution in [3.8, 4) is 0 Å². The summed E-state index contributed by atoms with van der Waals surface area (Å²) in [5, 5.41) is 0. The van der Waals surface area contributed by atoms with Crippen molar-refractivity contribution in [1.29, 1.82) is 0 Å². The zero-order valence-electron chi connectivity index (χ0n) is 7.95. The molecule has 2 rings (SSSR count). The molecule has 0 aliphatic heterocycles. The fraction of sp³-hybridized carbons (Fsp3) is 0.273. The molecule has 0 N–H and O–H groups in total. The van der Waals surface area contributed by atoms with Gasteiger partial charge in [-0.15, -0.1) is 0 Å². The van der Waals surface area contributed by atoms with Crippen molar-refractivity contribution in [3.05, 3.63) is 47.7 Å². The molecule has 0 saturated carbocycles. The molecule has 0 spiro atoms. The smallest absolute Gasteiger partial charge is 0.123 e. The van der Waals surface area contributed by atoms with E-state index in [1.807, 2.05) is 25.1 Å². The van der Waals surface area contributed by atoms with Crippen LogP contribution >= 0.6 is 0 Å². The lowest BCUT2D eigenvalue weighted by molar-refractivity contribution is 0.468. The van der Waals surface area contributed by atoms with Gasteiger partial charge in [-0.25, -0.2) is 0 Å². The van der Waals surface area contributed by atoms with Gasteiger partial charge in [-0.05, 0) is 38.1 Å². The zero-order chi connectivity index (χ0) is 9.26. The van der Waals surface area contributed by atoms with Crippen molar-refractivity contribution < 1.29 is 4.42 Å². The minimum absolute atomic E-state index is 0.826. The lowest BCUT2D eigenvalue weighted by Gasteiger charge is -2.02. The highest BCUT2D eigenvalue weighted by Gasteiger charge is 2.00. The second-order valence-corrected chi connectivity index (χ2v) is 3.29. The number of furan rings is 1. The monoisotopic (exact) mass is 175 g/mol. The van der Waals surface area contributed by atoms with Crippen molar-refractivity contribution in [2.45, 2.75) is 20.4 Å². The van der Waals surface area contributed by atoms with Crippen molar-refractivity contribution in [3.63, 3.8) is 0 Å². The summed E-state index contributed by atoms with van der Waals surface area (Å²) >= 11 is 0. The zero-order valence-corrected chi connectivity index (χ0v) is 7.95. The molecule has 0 aliphatic rings. The molecule has 2 aromatic rings. The van der Waals surface area contributed by atoms with E-state index in [1.165, 1.54) is 5.69 Å². The van der Waals surface area contributed by atoms with Gasteiger partial charge in [0.05, 0.1) is 6.54 Å². The van der Waals surface area contributed by atoms with Crippen LogP contribution in [-0.4, -0.2) is 4.57 Å². The Morgan fingerprint density at radius 3 is 2.62 bits per heavy atom. The summed E-state index contributed by atoms with van der Waals surface area (Å²) in [6, 6.07) is 8.16. The van der Waals surface area contributed by atoms with Crippen LogP contribution in [0.15, 0.2) is 34.9 Å². The first kappa shape index (κ1) is 8.17. The van der Waals surface area contributed by atoms with Gasteiger partial charge >= 0.3 is 0 Å². The van der Waals surface area contributed by atoms with Gasteiger partial charge in [-0.1, -0.05) is 0 Å². The third-order valence-corrected chi connectivity index (χ3v) is 2.18. The Morgan fingerprint density at radius 2 is 2.08 bits per heavy atom. The van der Waals surface area contributed by atoms with Gasteiger partial charge in [0.15, 0.2) is 0 Å². The summed E-state index contributed by atoms with van der Waals surface area (Å²) in [6.07, 6.45) is 2.06. The summed E-state index contributed by atoms with van der Waals surface area (Å²) in [7, 11) is 0. The van der Waals surface area contributed by atoms with Crippen LogP contribution in [0.25, 0.3) is 0 Å². The fourth-order valence-electron chi connectivity index (χ4n) is 1.41. The van der Waals surface area contributed by atoms with Gasteiger partial charge in [-0.3, -0.25) is 0 Å². The van der Waals surface area contributed by atoms with Gasteiger partial charge in [0.2, 0.25) is 0 Å². The molecule has 0 amide bonds. The van der Waals surface area contributed by atoms with E-state index < -0.39 is 0 Å². The van der Waals surface area contributed by atoms with Gasteiger partial charge in [-0.2, -0.15) is 0 Å². The largest absolute Gasteiger partial charge is 0.464 e. The number of hydrogen-bond acceptors (Lipinski definition) is 1. The van der Waals surface area contributed by atoms with Crippen LogP contribution in [0.2, 0.25) is 0 Å². The first-order valence-corrected chi connectivity index (χ1v) is 4.43. The molecule has 2 aromatic heterocycles. The van der Waals surface area contributed by atoms with Crippen LogP contribution < -0.4 is 0 Å². The highest BCUT2D eigenvalue weighted by atomic mass is 16.3. The first-order valence-electron chi connectivity index (χ1n) is 4.43. The molecule has 2 heterocycles. The van der Waals surface area contributed by atoms with Crippen LogP contribution in [0.3, 0.4) is 0 Å².